The van der Waals surface area contributed by atoms with E-state index in [-0.39, 0.29) is 18.5 Å². The van der Waals surface area contributed by atoms with E-state index in [1.165, 1.54) is 12.0 Å². The third kappa shape index (κ3) is 7.64. The predicted octanol–water partition coefficient (Wildman–Crippen LogP) is 3.06. The van der Waals surface area contributed by atoms with Crippen LogP contribution in [-0.4, -0.2) is 57.1 Å². The van der Waals surface area contributed by atoms with Gasteiger partial charge in [0.15, 0.2) is 0 Å². The van der Waals surface area contributed by atoms with Crippen molar-refractivity contribution in [2.45, 2.75) is 39.4 Å². The minimum Gasteiger partial charge on any atom is -0.497 e. The molecule has 2 aromatic rings. The number of nitrogens with zero attached hydrogens (tertiary/aromatic N) is 2. The van der Waals surface area contributed by atoms with Crippen LogP contribution in [0.25, 0.3) is 0 Å². The van der Waals surface area contributed by atoms with Crippen molar-refractivity contribution in [3.63, 3.8) is 0 Å². The van der Waals surface area contributed by atoms with Gasteiger partial charge in [0.2, 0.25) is 21.8 Å². The van der Waals surface area contributed by atoms with Crippen molar-refractivity contribution in [3.8, 4) is 5.75 Å². The molecule has 0 fully saturated rings. The predicted molar refractivity (Wildman–Crippen MR) is 130 cm³/mol. The number of nitrogens with one attached hydrogen (secondary N) is 1. The Morgan fingerprint density at radius 1 is 1.09 bits per heavy atom. The number of benzene rings is 2. The summed E-state index contributed by atoms with van der Waals surface area (Å²) in [6, 6.07) is 12.3. The maximum Gasteiger partial charge on any atom is 0.244 e. The van der Waals surface area contributed by atoms with Gasteiger partial charge in [-0.15, -0.1) is 0 Å². The lowest BCUT2D eigenvalue weighted by molar-refractivity contribution is -0.139. The Morgan fingerprint density at radius 2 is 1.73 bits per heavy atom. The van der Waals surface area contributed by atoms with Gasteiger partial charge in [0, 0.05) is 17.6 Å². The molecule has 10 heteroatoms. The molecule has 0 aliphatic rings. The van der Waals surface area contributed by atoms with Crippen molar-refractivity contribution in [2.24, 2.45) is 0 Å². The maximum atomic E-state index is 13.4. The van der Waals surface area contributed by atoms with E-state index in [0.29, 0.717) is 16.5 Å². The van der Waals surface area contributed by atoms with Crippen LogP contribution < -0.4 is 14.4 Å². The van der Waals surface area contributed by atoms with Gasteiger partial charge in [-0.05, 0) is 62.7 Å². The average molecular weight is 496 g/mol. The summed E-state index contributed by atoms with van der Waals surface area (Å²) >= 11 is 6.09. The Kier molecular flexibility index (Phi) is 9.13. The first-order valence-corrected chi connectivity index (χ1v) is 12.6. The fourth-order valence-electron chi connectivity index (χ4n) is 3.18. The summed E-state index contributed by atoms with van der Waals surface area (Å²) in [6.07, 6.45) is 1.03. The summed E-state index contributed by atoms with van der Waals surface area (Å²) < 4.78 is 31.2. The van der Waals surface area contributed by atoms with Crippen molar-refractivity contribution in [1.82, 2.24) is 10.2 Å². The third-order valence-corrected chi connectivity index (χ3v) is 6.26. The van der Waals surface area contributed by atoms with Crippen molar-refractivity contribution < 1.29 is 22.7 Å². The van der Waals surface area contributed by atoms with Crippen LogP contribution >= 0.6 is 11.6 Å². The Balaban J connectivity index is 2.38. The number of ether oxygens (including phenoxy) is 1. The molecule has 8 nitrogen and oxygen atoms in total. The fourth-order valence-corrected chi connectivity index (χ4v) is 4.24. The van der Waals surface area contributed by atoms with E-state index in [1.807, 2.05) is 13.8 Å². The van der Waals surface area contributed by atoms with Crippen molar-refractivity contribution in [2.75, 3.05) is 24.2 Å². The molecule has 1 atom stereocenters. The molecular weight excluding hydrogens is 466 g/mol. The van der Waals surface area contributed by atoms with E-state index in [4.69, 9.17) is 16.3 Å². The molecule has 0 aliphatic heterocycles. The quantitative estimate of drug-likeness (QED) is 0.546. The standard InChI is InChI=1S/C23H30ClN3O5S/c1-16(2)25-23(29)17(3)26(14-18-7-6-8-19(24)13-18)22(28)15-27(33(5,30)31)20-9-11-21(32-4)12-10-20/h6-13,16-17H,14-15H2,1-5H3,(H,25,29). The molecule has 33 heavy (non-hydrogen) atoms. The first kappa shape index (κ1) is 26.5. The first-order chi connectivity index (χ1) is 15.4. The smallest absolute Gasteiger partial charge is 0.244 e. The highest BCUT2D eigenvalue weighted by Crippen LogP contribution is 2.22. The van der Waals surface area contributed by atoms with Gasteiger partial charge in [0.1, 0.15) is 18.3 Å². The van der Waals surface area contributed by atoms with E-state index in [0.717, 1.165) is 16.1 Å². The second kappa shape index (κ2) is 11.4. The van der Waals surface area contributed by atoms with Gasteiger partial charge in [-0.25, -0.2) is 8.42 Å². The number of hydrogen-bond acceptors (Lipinski definition) is 5. The fraction of sp³-hybridized carbons (Fsp3) is 0.391. The number of halogens is 1. The minimum absolute atomic E-state index is 0.0896. The van der Waals surface area contributed by atoms with E-state index in [2.05, 4.69) is 5.32 Å². The lowest BCUT2D eigenvalue weighted by atomic mass is 10.1. The monoisotopic (exact) mass is 495 g/mol. The van der Waals surface area contributed by atoms with Gasteiger partial charge >= 0.3 is 0 Å². The molecule has 0 radical (unpaired) electrons. The molecule has 0 bridgehead atoms. The molecular formula is C23H30ClN3O5S. The molecule has 0 aromatic heterocycles. The Hall–Kier alpha value is -2.78. The molecule has 0 saturated carbocycles. The normalized spacial score (nSPS) is 12.2. The van der Waals surface area contributed by atoms with Gasteiger partial charge < -0.3 is 15.0 Å². The summed E-state index contributed by atoms with van der Waals surface area (Å²) in [5.41, 5.74) is 1.03. The van der Waals surface area contributed by atoms with Crippen LogP contribution in [0.15, 0.2) is 48.5 Å². The molecule has 1 unspecified atom stereocenters. The van der Waals surface area contributed by atoms with E-state index in [9.17, 15) is 18.0 Å². The van der Waals surface area contributed by atoms with Gasteiger partial charge in [0.05, 0.1) is 19.1 Å². The summed E-state index contributed by atoms with van der Waals surface area (Å²) in [4.78, 5) is 27.5. The zero-order valence-electron chi connectivity index (χ0n) is 19.4. The van der Waals surface area contributed by atoms with Crippen LogP contribution in [0.3, 0.4) is 0 Å². The highest BCUT2D eigenvalue weighted by Gasteiger charge is 2.30. The minimum atomic E-state index is -3.79. The van der Waals surface area contributed by atoms with Gasteiger partial charge in [-0.3, -0.25) is 13.9 Å². The number of hydrogen-bond donors (Lipinski definition) is 1. The molecule has 2 aromatic carbocycles. The highest BCUT2D eigenvalue weighted by atomic mass is 35.5. The summed E-state index contributed by atoms with van der Waals surface area (Å²) in [5, 5.41) is 3.29. The van der Waals surface area contributed by atoms with Gasteiger partial charge in [-0.2, -0.15) is 0 Å². The molecule has 0 aliphatic carbocycles. The topological polar surface area (TPSA) is 96.0 Å². The maximum absolute atomic E-state index is 13.4. The molecule has 0 saturated heterocycles. The molecule has 0 spiro atoms. The number of amides is 2. The van der Waals surface area contributed by atoms with Crippen LogP contribution in [0.4, 0.5) is 5.69 Å². The van der Waals surface area contributed by atoms with Crippen molar-refractivity contribution >= 4 is 39.1 Å². The van der Waals surface area contributed by atoms with E-state index >= 15 is 0 Å². The van der Waals surface area contributed by atoms with Crippen LogP contribution in [0.2, 0.25) is 5.02 Å². The van der Waals surface area contributed by atoms with E-state index in [1.54, 1.807) is 55.5 Å². The zero-order valence-corrected chi connectivity index (χ0v) is 21.0. The SMILES string of the molecule is COc1ccc(N(CC(=O)N(Cc2cccc(Cl)c2)C(C)C(=O)NC(C)C)S(C)(=O)=O)cc1. The Labute approximate surface area is 200 Å². The van der Waals surface area contributed by atoms with Gasteiger partial charge in [0.25, 0.3) is 0 Å². The first-order valence-electron chi connectivity index (χ1n) is 10.4. The molecule has 1 N–H and O–H groups in total. The summed E-state index contributed by atoms with van der Waals surface area (Å²) in [6.45, 7) is 4.88. The highest BCUT2D eigenvalue weighted by molar-refractivity contribution is 7.92. The van der Waals surface area contributed by atoms with Crippen LogP contribution in [0, 0.1) is 0 Å². The number of anilines is 1. The van der Waals surface area contributed by atoms with Crippen LogP contribution in [-0.2, 0) is 26.2 Å². The molecule has 0 heterocycles. The van der Waals surface area contributed by atoms with Crippen molar-refractivity contribution in [1.29, 1.82) is 0 Å². The number of rotatable bonds is 10. The third-order valence-electron chi connectivity index (χ3n) is 4.88. The number of sulfonamides is 1. The molecule has 180 valence electrons. The second-order valence-electron chi connectivity index (χ2n) is 7.96. The van der Waals surface area contributed by atoms with Gasteiger partial charge in [-0.1, -0.05) is 23.7 Å². The summed E-state index contributed by atoms with van der Waals surface area (Å²) in [5.74, 6) is -0.307. The average Bonchev–Trinajstić information content (AvgIpc) is 2.74. The lowest BCUT2D eigenvalue weighted by Gasteiger charge is -2.32. The summed E-state index contributed by atoms with van der Waals surface area (Å²) in [7, 11) is -2.28. The Morgan fingerprint density at radius 3 is 2.24 bits per heavy atom. The lowest BCUT2D eigenvalue weighted by Crippen LogP contribution is -2.52. The largest absolute Gasteiger partial charge is 0.497 e. The zero-order chi connectivity index (χ0) is 24.8. The number of methoxy groups -OCH3 is 1. The van der Waals surface area contributed by atoms with Crippen LogP contribution in [0.1, 0.15) is 26.3 Å². The Bertz CT molecular complexity index is 1070. The number of carbonyl (C=O) groups is 2. The second-order valence-corrected chi connectivity index (χ2v) is 10.3. The van der Waals surface area contributed by atoms with Crippen molar-refractivity contribution in [3.05, 3.63) is 59.1 Å². The van der Waals surface area contributed by atoms with Crippen LogP contribution in [0.5, 0.6) is 5.75 Å². The van der Waals surface area contributed by atoms with E-state index < -0.39 is 28.5 Å². The molecule has 2 amide bonds. The molecule has 2 rings (SSSR count). The number of carbonyl (C=O) groups excluding carboxylic acids is 2.